The molecule has 1 aliphatic heterocycles. The van der Waals surface area contributed by atoms with Gasteiger partial charge in [0.25, 0.3) is 0 Å². The summed E-state index contributed by atoms with van der Waals surface area (Å²) in [4.78, 5) is 13.3. The molecule has 1 heterocycles. The van der Waals surface area contributed by atoms with Crippen molar-refractivity contribution in [1.82, 2.24) is 9.21 Å². The summed E-state index contributed by atoms with van der Waals surface area (Å²) in [7, 11) is -1.92. The van der Waals surface area contributed by atoms with Crippen LogP contribution in [-0.4, -0.2) is 72.7 Å². The number of hydrogen-bond donors (Lipinski definition) is 2. The van der Waals surface area contributed by atoms with Gasteiger partial charge in [0, 0.05) is 31.6 Å². The van der Waals surface area contributed by atoms with Crippen LogP contribution in [0.25, 0.3) is 6.08 Å². The van der Waals surface area contributed by atoms with E-state index in [-0.39, 0.29) is 35.6 Å². The highest BCUT2D eigenvalue weighted by Crippen LogP contribution is 2.34. The number of aromatic carboxylic acids is 1. The van der Waals surface area contributed by atoms with Crippen molar-refractivity contribution < 1.29 is 28.2 Å². The van der Waals surface area contributed by atoms with Crippen LogP contribution in [0.15, 0.2) is 53.4 Å². The van der Waals surface area contributed by atoms with Gasteiger partial charge < -0.3 is 14.9 Å². The number of ether oxygens (including phenoxy) is 1. The van der Waals surface area contributed by atoms with Gasteiger partial charge in [0.15, 0.2) is 0 Å². The molecule has 8 nitrogen and oxygen atoms in total. The van der Waals surface area contributed by atoms with Gasteiger partial charge in [-0.3, -0.25) is 4.90 Å². The topological polar surface area (TPSA) is 107 Å². The molecule has 0 aliphatic carbocycles. The highest BCUT2D eigenvalue weighted by atomic mass is 32.2. The van der Waals surface area contributed by atoms with Crippen molar-refractivity contribution in [2.24, 2.45) is 5.92 Å². The Morgan fingerprint density at radius 1 is 1.26 bits per heavy atom. The van der Waals surface area contributed by atoms with Crippen LogP contribution in [-0.2, 0) is 16.6 Å². The fourth-order valence-electron chi connectivity index (χ4n) is 4.19. The Morgan fingerprint density at radius 2 is 1.94 bits per heavy atom. The van der Waals surface area contributed by atoms with Gasteiger partial charge in [-0.2, -0.15) is 4.31 Å². The second kappa shape index (κ2) is 11.3. The minimum Gasteiger partial charge on any atom is -0.487 e. The van der Waals surface area contributed by atoms with Crippen LogP contribution < -0.4 is 4.74 Å². The number of likely N-dealkylation sites (N-methyl/N-ethyl adjacent to an activating group) is 1. The largest absolute Gasteiger partial charge is 0.487 e. The van der Waals surface area contributed by atoms with Gasteiger partial charge in [0.05, 0.1) is 12.2 Å². The average Bonchev–Trinajstić information content (AvgIpc) is 2.81. The number of carboxylic acid groups (broad SMARTS) is 1. The van der Waals surface area contributed by atoms with E-state index in [9.17, 15) is 18.3 Å². The number of allylic oxidation sites excluding steroid dienone is 1. The molecule has 0 saturated heterocycles. The Bertz CT molecular complexity index is 1160. The molecule has 0 fully saturated rings. The Balaban J connectivity index is 1.91. The number of aliphatic hydroxyl groups is 1. The second-order valence-corrected chi connectivity index (χ2v) is 11.0. The first-order valence-corrected chi connectivity index (χ1v) is 13.1. The quantitative estimate of drug-likeness (QED) is 0.570. The van der Waals surface area contributed by atoms with Crippen molar-refractivity contribution in [3.63, 3.8) is 0 Å². The highest BCUT2D eigenvalue weighted by molar-refractivity contribution is 7.89. The van der Waals surface area contributed by atoms with Crippen molar-refractivity contribution in [3.05, 3.63) is 65.2 Å². The average molecular weight is 503 g/mol. The Morgan fingerprint density at radius 3 is 2.54 bits per heavy atom. The summed E-state index contributed by atoms with van der Waals surface area (Å²) in [6, 6.07) is 11.2. The Hall–Kier alpha value is -2.72. The van der Waals surface area contributed by atoms with Crippen molar-refractivity contribution in [2.45, 2.75) is 44.4 Å². The van der Waals surface area contributed by atoms with Crippen LogP contribution in [0, 0.1) is 5.92 Å². The molecule has 0 spiro atoms. The molecule has 190 valence electrons. The van der Waals surface area contributed by atoms with Crippen LogP contribution in [0.4, 0.5) is 0 Å². The van der Waals surface area contributed by atoms with E-state index in [4.69, 9.17) is 9.84 Å². The summed E-state index contributed by atoms with van der Waals surface area (Å²) in [5.74, 6) is -0.824. The first-order chi connectivity index (χ1) is 16.6. The zero-order chi connectivity index (χ0) is 25.8. The highest BCUT2D eigenvalue weighted by Gasteiger charge is 2.38. The van der Waals surface area contributed by atoms with E-state index in [1.54, 1.807) is 49.4 Å². The third kappa shape index (κ3) is 6.29. The maximum Gasteiger partial charge on any atom is 0.335 e. The minimum absolute atomic E-state index is 0.0925. The molecule has 1 aliphatic rings. The predicted octanol–water partition coefficient (Wildman–Crippen LogP) is 3.32. The molecular formula is C26H34N2O6S. The van der Waals surface area contributed by atoms with Crippen molar-refractivity contribution >= 4 is 22.1 Å². The number of benzene rings is 2. The monoisotopic (exact) mass is 502 g/mol. The van der Waals surface area contributed by atoms with E-state index in [2.05, 4.69) is 4.90 Å². The molecule has 2 aromatic rings. The number of nitrogens with zero attached hydrogens (tertiary/aromatic N) is 2. The van der Waals surface area contributed by atoms with E-state index >= 15 is 0 Å². The summed E-state index contributed by atoms with van der Waals surface area (Å²) < 4.78 is 34.7. The molecule has 3 atom stereocenters. The molecule has 3 rings (SSSR count). The third-order valence-electron chi connectivity index (χ3n) is 6.20. The van der Waals surface area contributed by atoms with Crippen molar-refractivity contribution in [1.29, 1.82) is 0 Å². The second-order valence-electron chi connectivity index (χ2n) is 9.14. The lowest BCUT2D eigenvalue weighted by molar-refractivity contribution is 0.0697. The van der Waals surface area contributed by atoms with Gasteiger partial charge in [-0.05, 0) is 56.3 Å². The molecule has 0 unspecified atom stereocenters. The lowest BCUT2D eigenvalue weighted by Gasteiger charge is -2.37. The van der Waals surface area contributed by atoms with Crippen molar-refractivity contribution in [3.8, 4) is 5.75 Å². The number of rotatable bonds is 8. The Kier molecular flexibility index (Phi) is 8.71. The minimum atomic E-state index is -3.87. The summed E-state index contributed by atoms with van der Waals surface area (Å²) in [5.41, 5.74) is 2.04. The molecule has 2 N–H and O–H groups in total. The molecule has 0 aromatic heterocycles. The maximum absolute atomic E-state index is 13.5. The third-order valence-corrected chi connectivity index (χ3v) is 8.21. The number of fused-ring (bicyclic) bond motifs is 1. The molecule has 9 heteroatoms. The van der Waals surface area contributed by atoms with Crippen LogP contribution in [0.5, 0.6) is 5.75 Å². The Labute approximate surface area is 207 Å². The van der Waals surface area contributed by atoms with E-state index in [1.165, 1.54) is 4.31 Å². The van der Waals surface area contributed by atoms with Gasteiger partial charge in [-0.1, -0.05) is 37.3 Å². The van der Waals surface area contributed by atoms with Crippen molar-refractivity contribution in [2.75, 3.05) is 26.7 Å². The smallest absolute Gasteiger partial charge is 0.335 e. The molecule has 0 radical (unpaired) electrons. The standard InChI is InChI=1S/C26H34N2O6S/c1-5-6-20-9-12-25-23(13-20)34-24(18(2)14-28(19(3)17-29)35(25,32)33)16-27(4)15-21-7-10-22(11-8-21)26(30)31/h5-13,18-19,24,29H,14-17H2,1-4H3,(H,30,31)/b6-5+/t18-,19+,24+/m1/s1. The first-order valence-electron chi connectivity index (χ1n) is 11.6. The zero-order valence-corrected chi connectivity index (χ0v) is 21.4. The first kappa shape index (κ1) is 26.9. The SMILES string of the molecule is C/C=C/c1ccc2c(c1)O[C@@H](CN(C)Cc1ccc(C(=O)O)cc1)[C@H](C)CN([C@@H](C)CO)S2(=O)=O. The maximum atomic E-state index is 13.5. The number of carboxylic acids is 1. The van der Waals surface area contributed by atoms with E-state index in [1.807, 2.05) is 33.0 Å². The van der Waals surface area contributed by atoms with Crippen LogP contribution in [0.3, 0.4) is 0 Å². The van der Waals surface area contributed by atoms with Gasteiger partial charge in [0.1, 0.15) is 16.7 Å². The summed E-state index contributed by atoms with van der Waals surface area (Å²) >= 11 is 0. The van der Waals surface area contributed by atoms with Gasteiger partial charge in [-0.15, -0.1) is 0 Å². The van der Waals surface area contributed by atoms with Crippen LogP contribution in [0.2, 0.25) is 0 Å². The van der Waals surface area contributed by atoms with Gasteiger partial charge in [0.2, 0.25) is 10.0 Å². The number of sulfonamides is 1. The lowest BCUT2D eigenvalue weighted by atomic mass is 10.0. The fraction of sp³-hybridized carbons (Fsp3) is 0.423. The zero-order valence-electron chi connectivity index (χ0n) is 20.6. The van der Waals surface area contributed by atoms with E-state index < -0.39 is 22.0 Å². The van der Waals surface area contributed by atoms with Gasteiger partial charge in [-0.25, -0.2) is 13.2 Å². The van der Waals surface area contributed by atoms with E-state index in [0.29, 0.717) is 18.8 Å². The summed E-state index contributed by atoms with van der Waals surface area (Å²) in [5, 5.41) is 18.9. The fourth-order valence-corrected chi connectivity index (χ4v) is 6.02. The number of carbonyl (C=O) groups is 1. The van der Waals surface area contributed by atoms with Crippen LogP contribution in [0.1, 0.15) is 42.3 Å². The van der Waals surface area contributed by atoms with Gasteiger partial charge >= 0.3 is 5.97 Å². The lowest BCUT2D eigenvalue weighted by Crippen LogP contribution is -2.49. The molecule has 2 aromatic carbocycles. The number of hydrogen-bond acceptors (Lipinski definition) is 6. The summed E-state index contributed by atoms with van der Waals surface area (Å²) in [6.07, 6.45) is 3.44. The van der Waals surface area contributed by atoms with E-state index in [0.717, 1.165) is 11.1 Å². The predicted molar refractivity (Wildman–Crippen MR) is 135 cm³/mol. The molecular weight excluding hydrogens is 468 g/mol. The number of aliphatic hydroxyl groups excluding tert-OH is 1. The van der Waals surface area contributed by atoms with Crippen LogP contribution >= 0.6 is 0 Å². The molecule has 0 bridgehead atoms. The summed E-state index contributed by atoms with van der Waals surface area (Å²) in [6.45, 7) is 6.57. The normalized spacial score (nSPS) is 21.2. The molecule has 35 heavy (non-hydrogen) atoms. The molecule has 0 amide bonds. The molecule has 0 saturated carbocycles.